The van der Waals surface area contributed by atoms with Gasteiger partial charge in [-0.25, -0.2) is 0 Å². The third-order valence-corrected chi connectivity index (χ3v) is 6.90. The van der Waals surface area contributed by atoms with Crippen LogP contribution < -0.4 is 10.2 Å². The molecule has 0 aromatic heterocycles. The van der Waals surface area contributed by atoms with Crippen LogP contribution in [0.1, 0.15) is 55.2 Å². The van der Waals surface area contributed by atoms with Crippen LogP contribution in [-0.4, -0.2) is 25.0 Å². The minimum absolute atomic E-state index is 0.145. The van der Waals surface area contributed by atoms with Crippen molar-refractivity contribution in [1.29, 1.82) is 0 Å². The molecular weight excluding hydrogens is 308 g/mol. The highest BCUT2D eigenvalue weighted by molar-refractivity contribution is 5.77. The fraction of sp³-hybridized carbons (Fsp3) is 0.682. The number of benzene rings is 1. The summed E-state index contributed by atoms with van der Waals surface area (Å²) >= 11 is 0. The number of nitrogens with one attached hydrogen (secondary N) is 2. The predicted octanol–water partition coefficient (Wildman–Crippen LogP) is 2.40. The van der Waals surface area contributed by atoms with Crippen LogP contribution in [0.5, 0.6) is 0 Å². The second kappa shape index (κ2) is 6.42. The zero-order valence-corrected chi connectivity index (χ0v) is 16.0. The highest BCUT2D eigenvalue weighted by atomic mass is 16.2. The van der Waals surface area contributed by atoms with Crippen molar-refractivity contribution in [2.75, 3.05) is 13.6 Å². The summed E-state index contributed by atoms with van der Waals surface area (Å²) in [5.41, 5.74) is 4.14. The van der Waals surface area contributed by atoms with Gasteiger partial charge in [0, 0.05) is 11.1 Å². The van der Waals surface area contributed by atoms with Crippen molar-refractivity contribution in [2.24, 2.45) is 17.8 Å². The van der Waals surface area contributed by atoms with Gasteiger partial charge in [0.15, 0.2) is 6.54 Å². The number of quaternary nitrogens is 1. The molecule has 4 fully saturated rings. The number of carbonyl (C=O) groups excluding carboxylic acids is 1. The fourth-order valence-corrected chi connectivity index (χ4v) is 6.31. The lowest BCUT2D eigenvalue weighted by Crippen LogP contribution is -3.09. The minimum atomic E-state index is 0.145. The first-order valence-electron chi connectivity index (χ1n) is 10.1. The Balaban J connectivity index is 1.34. The summed E-state index contributed by atoms with van der Waals surface area (Å²) in [6.45, 7) is 5.80. The summed E-state index contributed by atoms with van der Waals surface area (Å²) in [6, 6.07) is 6.62. The monoisotopic (exact) mass is 341 g/mol. The number of aryl methyl sites for hydroxylation is 2. The molecule has 0 spiro atoms. The summed E-state index contributed by atoms with van der Waals surface area (Å²) in [5, 5.41) is 3.51. The van der Waals surface area contributed by atoms with Gasteiger partial charge in [0.1, 0.15) is 6.54 Å². The van der Waals surface area contributed by atoms with E-state index in [1.54, 1.807) is 0 Å². The van der Waals surface area contributed by atoms with Crippen LogP contribution in [0.3, 0.4) is 0 Å². The lowest BCUT2D eigenvalue weighted by molar-refractivity contribution is -0.885. The van der Waals surface area contributed by atoms with Crippen LogP contribution >= 0.6 is 0 Å². The smallest absolute Gasteiger partial charge is 0.275 e. The van der Waals surface area contributed by atoms with Crippen molar-refractivity contribution in [3.05, 3.63) is 34.9 Å². The van der Waals surface area contributed by atoms with E-state index in [4.69, 9.17) is 0 Å². The van der Waals surface area contributed by atoms with Crippen molar-refractivity contribution in [1.82, 2.24) is 5.32 Å². The zero-order chi connectivity index (χ0) is 17.6. The molecule has 1 amide bonds. The lowest BCUT2D eigenvalue weighted by Gasteiger charge is -2.56. The third kappa shape index (κ3) is 3.62. The molecule has 4 bridgehead atoms. The summed E-state index contributed by atoms with van der Waals surface area (Å²) < 4.78 is 0. The number of amides is 1. The molecule has 4 aliphatic rings. The Bertz CT molecular complexity index is 631. The van der Waals surface area contributed by atoms with Gasteiger partial charge in [0.2, 0.25) is 0 Å². The molecule has 3 heteroatoms. The van der Waals surface area contributed by atoms with Crippen LogP contribution in [-0.2, 0) is 11.3 Å². The molecule has 4 aliphatic carbocycles. The first kappa shape index (κ1) is 17.1. The van der Waals surface area contributed by atoms with Gasteiger partial charge < -0.3 is 10.2 Å². The number of carbonyl (C=O) groups is 1. The molecule has 136 valence electrons. The van der Waals surface area contributed by atoms with E-state index >= 15 is 0 Å². The molecule has 0 aliphatic heterocycles. The van der Waals surface area contributed by atoms with Gasteiger partial charge >= 0.3 is 0 Å². The van der Waals surface area contributed by atoms with Crippen LogP contribution in [0.15, 0.2) is 18.2 Å². The molecule has 0 heterocycles. The highest BCUT2D eigenvalue weighted by Crippen LogP contribution is 2.55. The van der Waals surface area contributed by atoms with Crippen molar-refractivity contribution in [3.8, 4) is 0 Å². The molecular formula is C22H33N2O+. The van der Waals surface area contributed by atoms with Crippen molar-refractivity contribution in [3.63, 3.8) is 0 Å². The average molecular weight is 342 g/mol. The number of hydrogen-bond donors (Lipinski definition) is 2. The van der Waals surface area contributed by atoms with E-state index in [1.807, 2.05) is 0 Å². The first-order chi connectivity index (χ1) is 11.9. The first-order valence-corrected chi connectivity index (χ1v) is 10.1. The Morgan fingerprint density at radius 1 is 1.12 bits per heavy atom. The minimum Gasteiger partial charge on any atom is -0.346 e. The molecule has 5 rings (SSSR count). The molecule has 25 heavy (non-hydrogen) atoms. The zero-order valence-electron chi connectivity index (χ0n) is 16.0. The normalized spacial score (nSPS) is 34.1. The maximum absolute atomic E-state index is 12.7. The molecule has 2 N–H and O–H groups in total. The average Bonchev–Trinajstić information content (AvgIpc) is 2.47. The van der Waals surface area contributed by atoms with Gasteiger partial charge in [-0.2, -0.15) is 0 Å². The quantitative estimate of drug-likeness (QED) is 0.847. The molecule has 0 radical (unpaired) electrons. The Morgan fingerprint density at radius 2 is 1.72 bits per heavy atom. The van der Waals surface area contributed by atoms with E-state index in [2.05, 4.69) is 44.4 Å². The number of likely N-dealkylation sites (N-methyl/N-ethyl adjacent to an activating group) is 1. The highest BCUT2D eigenvalue weighted by Gasteiger charge is 2.51. The molecule has 1 unspecified atom stereocenters. The Hall–Kier alpha value is -1.35. The van der Waals surface area contributed by atoms with E-state index in [0.717, 1.165) is 24.3 Å². The third-order valence-electron chi connectivity index (χ3n) is 6.90. The summed E-state index contributed by atoms with van der Waals surface area (Å²) in [4.78, 5) is 14.0. The van der Waals surface area contributed by atoms with Crippen LogP contribution in [0, 0.1) is 31.6 Å². The van der Waals surface area contributed by atoms with E-state index < -0.39 is 0 Å². The SMILES string of the molecule is Cc1ccc(C[NH+](C)CC(=O)NC23CC4CC(CC(C4)C2)C3)c(C)c1. The Morgan fingerprint density at radius 3 is 2.28 bits per heavy atom. The summed E-state index contributed by atoms with van der Waals surface area (Å²) in [7, 11) is 2.14. The predicted molar refractivity (Wildman–Crippen MR) is 100 cm³/mol. The standard InChI is InChI=1S/C22H32N2O/c1-15-4-5-20(16(2)6-15)13-24(3)14-21(25)23-22-10-17-7-18(11-22)9-19(8-17)12-22/h4-6,17-19H,7-14H2,1-3H3,(H,23,25)/p+1. The number of hydrogen-bond acceptors (Lipinski definition) is 1. The van der Waals surface area contributed by atoms with Gasteiger partial charge in [0.05, 0.1) is 7.05 Å². The molecule has 4 saturated carbocycles. The molecule has 1 aromatic rings. The van der Waals surface area contributed by atoms with Gasteiger partial charge in [-0.1, -0.05) is 23.8 Å². The molecule has 1 atom stereocenters. The molecule has 1 aromatic carbocycles. The lowest BCUT2D eigenvalue weighted by atomic mass is 9.53. The topological polar surface area (TPSA) is 33.5 Å². The fourth-order valence-electron chi connectivity index (χ4n) is 6.31. The van der Waals surface area contributed by atoms with Gasteiger partial charge in [-0.15, -0.1) is 0 Å². The van der Waals surface area contributed by atoms with Gasteiger partial charge in [-0.05, 0) is 75.7 Å². The second-order valence-corrected chi connectivity index (χ2v) is 9.49. The Kier molecular flexibility index (Phi) is 4.39. The molecule has 0 saturated heterocycles. The van der Waals surface area contributed by atoms with Gasteiger partial charge in [-0.3, -0.25) is 4.79 Å². The maximum atomic E-state index is 12.7. The van der Waals surface area contributed by atoms with Crippen LogP contribution in [0.4, 0.5) is 0 Å². The van der Waals surface area contributed by atoms with Crippen LogP contribution in [0.25, 0.3) is 0 Å². The van der Waals surface area contributed by atoms with Gasteiger partial charge in [0.25, 0.3) is 5.91 Å². The largest absolute Gasteiger partial charge is 0.346 e. The Labute approximate surface area is 152 Å². The van der Waals surface area contributed by atoms with Crippen LogP contribution in [0.2, 0.25) is 0 Å². The summed E-state index contributed by atoms with van der Waals surface area (Å²) in [6.07, 6.45) is 7.98. The maximum Gasteiger partial charge on any atom is 0.275 e. The van der Waals surface area contributed by atoms with E-state index in [-0.39, 0.29) is 11.4 Å². The van der Waals surface area contributed by atoms with Crippen molar-refractivity contribution >= 4 is 5.91 Å². The van der Waals surface area contributed by atoms with E-state index in [0.29, 0.717) is 6.54 Å². The summed E-state index contributed by atoms with van der Waals surface area (Å²) in [5.74, 6) is 2.90. The van der Waals surface area contributed by atoms with Crippen molar-refractivity contribution in [2.45, 2.75) is 64.5 Å². The number of rotatable bonds is 5. The second-order valence-electron chi connectivity index (χ2n) is 9.49. The van der Waals surface area contributed by atoms with E-state index in [1.165, 1.54) is 60.1 Å². The van der Waals surface area contributed by atoms with Crippen molar-refractivity contribution < 1.29 is 9.69 Å². The van der Waals surface area contributed by atoms with E-state index in [9.17, 15) is 4.79 Å². The molecule has 3 nitrogen and oxygen atoms in total.